The van der Waals surface area contributed by atoms with Gasteiger partial charge < -0.3 is 19.5 Å². The van der Waals surface area contributed by atoms with Gasteiger partial charge in [-0.25, -0.2) is 4.98 Å². The van der Waals surface area contributed by atoms with Gasteiger partial charge in [0.15, 0.2) is 0 Å². The topological polar surface area (TPSA) is 42.3 Å². The summed E-state index contributed by atoms with van der Waals surface area (Å²) < 4.78 is 7.54. The number of hydrogen-bond donors (Lipinski definition) is 1. The number of morpholine rings is 1. The van der Waals surface area contributed by atoms with Gasteiger partial charge in [-0.2, -0.15) is 0 Å². The summed E-state index contributed by atoms with van der Waals surface area (Å²) in [4.78, 5) is 6.52. The molecule has 1 aliphatic rings. The van der Waals surface area contributed by atoms with E-state index in [1.54, 1.807) is 6.20 Å². The molecule has 1 aromatic rings. The van der Waals surface area contributed by atoms with Gasteiger partial charge in [0.2, 0.25) is 0 Å². The second-order valence-electron chi connectivity index (χ2n) is 4.44. The minimum Gasteiger partial charge on any atom is -0.374 e. The number of rotatable bonds is 4. The van der Waals surface area contributed by atoms with Crippen molar-refractivity contribution in [2.75, 3.05) is 33.3 Å². The summed E-state index contributed by atoms with van der Waals surface area (Å²) in [7, 11) is 4.03. The van der Waals surface area contributed by atoms with Crippen LogP contribution in [0.15, 0.2) is 6.20 Å². The number of imidazole rings is 1. The van der Waals surface area contributed by atoms with E-state index in [1.807, 2.05) is 11.6 Å². The Bertz CT molecular complexity index is 368. The number of aromatic nitrogens is 2. The van der Waals surface area contributed by atoms with Crippen LogP contribution in [0.2, 0.25) is 5.15 Å². The Morgan fingerprint density at radius 3 is 3.06 bits per heavy atom. The summed E-state index contributed by atoms with van der Waals surface area (Å²) in [6, 6.07) is 0. The van der Waals surface area contributed by atoms with Gasteiger partial charge >= 0.3 is 0 Å². The highest BCUT2D eigenvalue weighted by Crippen LogP contribution is 2.08. The highest BCUT2D eigenvalue weighted by atomic mass is 35.5. The van der Waals surface area contributed by atoms with Gasteiger partial charge in [0.25, 0.3) is 0 Å². The molecule has 1 saturated heterocycles. The maximum Gasteiger partial charge on any atom is 0.128 e. The minimum absolute atomic E-state index is 0.268. The van der Waals surface area contributed by atoms with Crippen molar-refractivity contribution in [3.05, 3.63) is 17.2 Å². The summed E-state index contributed by atoms with van der Waals surface area (Å²) in [5.41, 5.74) is 0. The molecule has 1 aromatic heterocycles. The summed E-state index contributed by atoms with van der Waals surface area (Å²) >= 11 is 5.92. The number of ether oxygens (including phenoxy) is 1. The lowest BCUT2D eigenvalue weighted by Crippen LogP contribution is -2.44. The molecule has 6 heteroatoms. The molecule has 0 bridgehead atoms. The van der Waals surface area contributed by atoms with E-state index in [9.17, 15) is 0 Å². The molecule has 0 radical (unpaired) electrons. The molecule has 96 valence electrons. The summed E-state index contributed by atoms with van der Waals surface area (Å²) in [5, 5.41) is 4.01. The molecule has 0 amide bonds. The first-order valence-electron chi connectivity index (χ1n) is 5.84. The van der Waals surface area contributed by atoms with Crippen LogP contribution < -0.4 is 5.32 Å². The molecule has 17 heavy (non-hydrogen) atoms. The van der Waals surface area contributed by atoms with Crippen molar-refractivity contribution in [1.29, 1.82) is 0 Å². The molecular weight excluding hydrogens is 240 g/mol. The van der Waals surface area contributed by atoms with Crippen LogP contribution in [0.25, 0.3) is 0 Å². The predicted octanol–water partition coefficient (Wildman–Crippen LogP) is 0.494. The van der Waals surface area contributed by atoms with Crippen LogP contribution in [-0.4, -0.2) is 53.8 Å². The Labute approximate surface area is 107 Å². The summed E-state index contributed by atoms with van der Waals surface area (Å²) in [6.45, 7) is 4.37. The molecule has 0 spiro atoms. The lowest BCUT2D eigenvalue weighted by Gasteiger charge is -2.30. The first-order chi connectivity index (χ1) is 8.16. The third-order valence-electron chi connectivity index (χ3n) is 3.02. The van der Waals surface area contributed by atoms with E-state index in [-0.39, 0.29) is 6.10 Å². The van der Waals surface area contributed by atoms with Crippen LogP contribution >= 0.6 is 11.6 Å². The fraction of sp³-hybridized carbons (Fsp3) is 0.727. The fourth-order valence-electron chi connectivity index (χ4n) is 1.92. The van der Waals surface area contributed by atoms with Crippen LogP contribution in [0.1, 0.15) is 5.82 Å². The molecule has 0 aliphatic carbocycles. The molecule has 2 rings (SSSR count). The first-order valence-corrected chi connectivity index (χ1v) is 6.21. The number of halogens is 1. The zero-order chi connectivity index (χ0) is 12.3. The van der Waals surface area contributed by atoms with Crippen molar-refractivity contribution < 1.29 is 4.74 Å². The van der Waals surface area contributed by atoms with Crippen LogP contribution in [0.3, 0.4) is 0 Å². The van der Waals surface area contributed by atoms with Crippen LogP contribution in [0, 0.1) is 0 Å². The number of likely N-dealkylation sites (N-methyl/N-ethyl adjacent to an activating group) is 1. The first kappa shape index (κ1) is 12.8. The molecule has 0 saturated carbocycles. The van der Waals surface area contributed by atoms with E-state index in [1.165, 1.54) is 0 Å². The smallest absolute Gasteiger partial charge is 0.128 e. The Balaban J connectivity index is 1.74. The summed E-state index contributed by atoms with van der Waals surface area (Å²) in [5.74, 6) is 0.944. The van der Waals surface area contributed by atoms with E-state index in [0.29, 0.717) is 11.7 Å². The number of nitrogens with zero attached hydrogens (tertiary/aromatic N) is 3. The van der Waals surface area contributed by atoms with E-state index in [4.69, 9.17) is 16.3 Å². The summed E-state index contributed by atoms with van der Waals surface area (Å²) in [6.07, 6.45) is 1.94. The minimum atomic E-state index is 0.268. The van der Waals surface area contributed by atoms with Gasteiger partial charge in [0, 0.05) is 26.7 Å². The van der Waals surface area contributed by atoms with E-state index in [0.717, 1.165) is 32.1 Å². The zero-order valence-electron chi connectivity index (χ0n) is 10.3. The lowest BCUT2D eigenvalue weighted by molar-refractivity contribution is -0.0183. The molecule has 1 fully saturated rings. The second kappa shape index (κ2) is 5.82. The highest BCUT2D eigenvalue weighted by molar-refractivity contribution is 6.29. The lowest BCUT2D eigenvalue weighted by atomic mass is 10.3. The average molecular weight is 259 g/mol. The molecule has 1 aliphatic heterocycles. The van der Waals surface area contributed by atoms with Crippen molar-refractivity contribution in [2.24, 2.45) is 7.05 Å². The molecule has 5 nitrogen and oxygen atoms in total. The quantitative estimate of drug-likeness (QED) is 0.854. The molecular formula is C11H19ClN4O. The Hall–Kier alpha value is -0.620. The van der Waals surface area contributed by atoms with Crippen molar-refractivity contribution >= 4 is 11.6 Å². The van der Waals surface area contributed by atoms with E-state index < -0.39 is 0 Å². The largest absolute Gasteiger partial charge is 0.374 e. The molecule has 1 unspecified atom stereocenters. The monoisotopic (exact) mass is 258 g/mol. The highest BCUT2D eigenvalue weighted by Gasteiger charge is 2.17. The van der Waals surface area contributed by atoms with E-state index in [2.05, 4.69) is 22.2 Å². The standard InChI is InChI=1S/C11H19ClN4O/c1-15-3-4-17-9(8-15)5-13-7-11-14-6-10(12)16(11)2/h6,9,13H,3-5,7-8H2,1-2H3. The second-order valence-corrected chi connectivity index (χ2v) is 4.83. The van der Waals surface area contributed by atoms with Gasteiger partial charge in [-0.05, 0) is 7.05 Å². The number of nitrogens with one attached hydrogen (secondary N) is 1. The van der Waals surface area contributed by atoms with Crippen LogP contribution in [0.5, 0.6) is 0 Å². The molecule has 1 N–H and O–H groups in total. The van der Waals surface area contributed by atoms with Crippen LogP contribution in [-0.2, 0) is 18.3 Å². The Morgan fingerprint density at radius 1 is 1.59 bits per heavy atom. The van der Waals surface area contributed by atoms with Gasteiger partial charge in [-0.1, -0.05) is 11.6 Å². The zero-order valence-corrected chi connectivity index (χ0v) is 11.1. The average Bonchev–Trinajstić information content (AvgIpc) is 2.61. The van der Waals surface area contributed by atoms with E-state index >= 15 is 0 Å². The molecule has 2 heterocycles. The van der Waals surface area contributed by atoms with Gasteiger partial charge in [-0.15, -0.1) is 0 Å². The van der Waals surface area contributed by atoms with Crippen molar-refractivity contribution in [2.45, 2.75) is 12.6 Å². The third-order valence-corrected chi connectivity index (χ3v) is 3.38. The number of hydrogen-bond acceptors (Lipinski definition) is 4. The van der Waals surface area contributed by atoms with Crippen LogP contribution in [0.4, 0.5) is 0 Å². The third kappa shape index (κ3) is 3.42. The van der Waals surface area contributed by atoms with Gasteiger partial charge in [0.1, 0.15) is 11.0 Å². The Kier molecular flexibility index (Phi) is 4.39. The maximum absolute atomic E-state index is 5.92. The van der Waals surface area contributed by atoms with Crippen molar-refractivity contribution in [3.8, 4) is 0 Å². The van der Waals surface area contributed by atoms with Crippen molar-refractivity contribution in [3.63, 3.8) is 0 Å². The normalized spacial score (nSPS) is 21.9. The van der Waals surface area contributed by atoms with Gasteiger partial charge in [0.05, 0.1) is 25.5 Å². The molecule has 1 atom stereocenters. The SMILES string of the molecule is CN1CCOC(CNCc2ncc(Cl)n2C)C1. The predicted molar refractivity (Wildman–Crippen MR) is 67.2 cm³/mol. The fourth-order valence-corrected chi connectivity index (χ4v) is 2.07. The van der Waals surface area contributed by atoms with Crippen molar-refractivity contribution in [1.82, 2.24) is 19.8 Å². The Morgan fingerprint density at radius 2 is 2.41 bits per heavy atom. The molecule has 0 aromatic carbocycles. The van der Waals surface area contributed by atoms with Gasteiger partial charge in [-0.3, -0.25) is 0 Å². The maximum atomic E-state index is 5.92.